The van der Waals surface area contributed by atoms with Gasteiger partial charge < -0.3 is 19.8 Å². The molecule has 6 heteroatoms. The fraction of sp³-hybridized carbons (Fsp3) is 0.611. The summed E-state index contributed by atoms with van der Waals surface area (Å²) in [6.45, 7) is 7.69. The number of hydrogen-bond donors (Lipinski definition) is 2. The Morgan fingerprint density at radius 1 is 1.17 bits per heavy atom. The Morgan fingerprint density at radius 3 is 2.17 bits per heavy atom. The van der Waals surface area contributed by atoms with Gasteiger partial charge in [0.1, 0.15) is 5.60 Å². The molecule has 2 N–H and O–H groups in total. The quantitative estimate of drug-likeness (QED) is 0.873. The molecule has 1 aromatic carbocycles. The van der Waals surface area contributed by atoms with Crippen molar-refractivity contribution in [2.24, 2.45) is 0 Å². The highest BCUT2D eigenvalue weighted by molar-refractivity contribution is 5.67. The van der Waals surface area contributed by atoms with Gasteiger partial charge >= 0.3 is 6.09 Å². The molecule has 1 heterocycles. The molecule has 2 atom stereocenters. The third-order valence-electron chi connectivity index (χ3n) is 3.89. The fourth-order valence-corrected chi connectivity index (χ4v) is 2.66. The standard InChI is InChI=1S/C18H28N2O4/c1-18(2,3)24-17(23)19(4)9-13-5-7-14(8-6-13)10-20-11-15(21)16(22)12-20/h5-8,15-16,21-22H,9-12H2,1-4H3/t15-,16-/m1/s1. The van der Waals surface area contributed by atoms with Crippen LogP contribution < -0.4 is 0 Å². The van der Waals surface area contributed by atoms with Gasteiger partial charge in [0.15, 0.2) is 0 Å². The van der Waals surface area contributed by atoms with Crippen molar-refractivity contribution in [2.45, 2.75) is 51.7 Å². The van der Waals surface area contributed by atoms with Crippen LogP contribution in [0.2, 0.25) is 0 Å². The molecule has 0 aromatic heterocycles. The molecule has 0 unspecified atom stereocenters. The normalized spacial score (nSPS) is 21.8. The minimum absolute atomic E-state index is 0.341. The van der Waals surface area contributed by atoms with Crippen molar-refractivity contribution in [1.82, 2.24) is 9.80 Å². The first-order valence-electron chi connectivity index (χ1n) is 8.24. The van der Waals surface area contributed by atoms with E-state index in [1.54, 1.807) is 11.9 Å². The summed E-state index contributed by atoms with van der Waals surface area (Å²) in [5, 5.41) is 19.2. The van der Waals surface area contributed by atoms with Crippen LogP contribution in [-0.2, 0) is 17.8 Å². The van der Waals surface area contributed by atoms with Gasteiger partial charge in [0.05, 0.1) is 12.2 Å². The Balaban J connectivity index is 1.87. The van der Waals surface area contributed by atoms with Crippen LogP contribution >= 0.6 is 0 Å². The second-order valence-electron chi connectivity index (χ2n) is 7.48. The first-order valence-corrected chi connectivity index (χ1v) is 8.24. The molecular formula is C18H28N2O4. The maximum absolute atomic E-state index is 12.0. The summed E-state index contributed by atoms with van der Waals surface area (Å²) in [5.74, 6) is 0. The highest BCUT2D eigenvalue weighted by Gasteiger charge is 2.29. The number of β-amino-alcohol motifs (C(OH)–C–C–N with tert-alkyl or cyclic N) is 2. The number of likely N-dealkylation sites (tertiary alicyclic amines) is 1. The van der Waals surface area contributed by atoms with Crippen molar-refractivity contribution >= 4 is 6.09 Å². The fourth-order valence-electron chi connectivity index (χ4n) is 2.66. The number of ether oxygens (including phenoxy) is 1. The molecule has 0 bridgehead atoms. The Hall–Kier alpha value is -1.63. The number of hydrogen-bond acceptors (Lipinski definition) is 5. The van der Waals surface area contributed by atoms with E-state index in [0.717, 1.165) is 11.1 Å². The van der Waals surface area contributed by atoms with Crippen LogP contribution in [0.3, 0.4) is 0 Å². The lowest BCUT2D eigenvalue weighted by molar-refractivity contribution is 0.0285. The third-order valence-corrected chi connectivity index (χ3v) is 3.89. The van der Waals surface area contributed by atoms with Gasteiger partial charge in [-0.15, -0.1) is 0 Å². The van der Waals surface area contributed by atoms with E-state index in [4.69, 9.17) is 4.74 Å². The Morgan fingerprint density at radius 2 is 1.67 bits per heavy atom. The highest BCUT2D eigenvalue weighted by atomic mass is 16.6. The zero-order valence-corrected chi connectivity index (χ0v) is 14.9. The smallest absolute Gasteiger partial charge is 0.410 e. The maximum atomic E-state index is 12.0. The molecule has 6 nitrogen and oxygen atoms in total. The topological polar surface area (TPSA) is 73.2 Å². The van der Waals surface area contributed by atoms with Crippen LogP contribution in [0.4, 0.5) is 4.79 Å². The van der Waals surface area contributed by atoms with Crippen molar-refractivity contribution in [2.75, 3.05) is 20.1 Å². The van der Waals surface area contributed by atoms with Gasteiger partial charge in [-0.05, 0) is 31.9 Å². The predicted octanol–water partition coefficient (Wildman–Crippen LogP) is 1.59. The van der Waals surface area contributed by atoms with E-state index >= 15 is 0 Å². The molecular weight excluding hydrogens is 308 g/mol. The van der Waals surface area contributed by atoms with Gasteiger partial charge in [0.2, 0.25) is 0 Å². The number of aliphatic hydroxyl groups excluding tert-OH is 2. The number of rotatable bonds is 4. The van der Waals surface area contributed by atoms with Gasteiger partial charge in [0.25, 0.3) is 0 Å². The molecule has 24 heavy (non-hydrogen) atoms. The highest BCUT2D eigenvalue weighted by Crippen LogP contribution is 2.16. The van der Waals surface area contributed by atoms with Gasteiger partial charge in [-0.25, -0.2) is 4.79 Å². The number of benzene rings is 1. The first-order chi connectivity index (χ1) is 11.1. The number of carbonyl (C=O) groups is 1. The van der Waals surface area contributed by atoms with Gasteiger partial charge in [0, 0.05) is 33.2 Å². The summed E-state index contributed by atoms with van der Waals surface area (Å²) in [7, 11) is 1.72. The van der Waals surface area contributed by atoms with E-state index in [0.29, 0.717) is 26.2 Å². The van der Waals surface area contributed by atoms with Crippen molar-refractivity contribution in [3.8, 4) is 0 Å². The summed E-state index contributed by atoms with van der Waals surface area (Å²) in [4.78, 5) is 15.5. The van der Waals surface area contributed by atoms with Crippen LogP contribution in [0.15, 0.2) is 24.3 Å². The van der Waals surface area contributed by atoms with Crippen molar-refractivity contribution in [3.05, 3.63) is 35.4 Å². The van der Waals surface area contributed by atoms with Gasteiger partial charge in [-0.1, -0.05) is 24.3 Å². The van der Waals surface area contributed by atoms with Crippen LogP contribution in [0.1, 0.15) is 31.9 Å². The molecule has 1 fully saturated rings. The molecule has 134 valence electrons. The van der Waals surface area contributed by atoms with E-state index in [1.165, 1.54) is 0 Å². The molecule has 1 saturated heterocycles. The molecule has 0 saturated carbocycles. The van der Waals surface area contributed by atoms with E-state index in [1.807, 2.05) is 49.9 Å². The lowest BCUT2D eigenvalue weighted by Gasteiger charge is -2.24. The van der Waals surface area contributed by atoms with E-state index in [-0.39, 0.29) is 6.09 Å². The zero-order valence-electron chi connectivity index (χ0n) is 14.9. The van der Waals surface area contributed by atoms with Gasteiger partial charge in [-0.2, -0.15) is 0 Å². The molecule has 2 rings (SSSR count). The molecule has 0 radical (unpaired) electrons. The van der Waals surface area contributed by atoms with E-state index < -0.39 is 17.8 Å². The van der Waals surface area contributed by atoms with E-state index in [2.05, 4.69) is 0 Å². The van der Waals surface area contributed by atoms with Crippen molar-refractivity contribution < 1.29 is 19.7 Å². The molecule has 1 aliphatic heterocycles. The molecule has 1 amide bonds. The monoisotopic (exact) mass is 336 g/mol. The lowest BCUT2D eigenvalue weighted by Crippen LogP contribution is -2.33. The summed E-state index contributed by atoms with van der Waals surface area (Å²) >= 11 is 0. The largest absolute Gasteiger partial charge is 0.444 e. The Bertz CT molecular complexity index is 543. The second kappa shape index (κ2) is 7.51. The average molecular weight is 336 g/mol. The number of carbonyl (C=O) groups excluding carboxylic acids is 1. The third kappa shape index (κ3) is 5.47. The summed E-state index contributed by atoms with van der Waals surface area (Å²) in [6, 6.07) is 7.99. The van der Waals surface area contributed by atoms with Crippen molar-refractivity contribution in [3.63, 3.8) is 0 Å². The van der Waals surface area contributed by atoms with Crippen molar-refractivity contribution in [1.29, 1.82) is 0 Å². The summed E-state index contributed by atoms with van der Waals surface area (Å²) < 4.78 is 5.34. The molecule has 0 aliphatic carbocycles. The van der Waals surface area contributed by atoms with E-state index in [9.17, 15) is 15.0 Å². The van der Waals surface area contributed by atoms with Crippen LogP contribution in [0.25, 0.3) is 0 Å². The zero-order chi connectivity index (χ0) is 17.9. The van der Waals surface area contributed by atoms with Crippen LogP contribution in [-0.4, -0.2) is 64.1 Å². The Labute approximate surface area is 143 Å². The number of aliphatic hydroxyl groups is 2. The van der Waals surface area contributed by atoms with Gasteiger partial charge in [-0.3, -0.25) is 4.90 Å². The average Bonchev–Trinajstić information content (AvgIpc) is 2.77. The predicted molar refractivity (Wildman–Crippen MR) is 91.4 cm³/mol. The maximum Gasteiger partial charge on any atom is 0.410 e. The minimum Gasteiger partial charge on any atom is -0.444 e. The van der Waals surface area contributed by atoms with Crippen LogP contribution in [0.5, 0.6) is 0 Å². The number of nitrogens with zero attached hydrogens (tertiary/aromatic N) is 2. The molecule has 1 aliphatic rings. The summed E-state index contributed by atoms with van der Waals surface area (Å²) in [6.07, 6.45) is -1.66. The second-order valence-corrected chi connectivity index (χ2v) is 7.48. The minimum atomic E-state index is -0.660. The van der Waals surface area contributed by atoms with Crippen LogP contribution in [0, 0.1) is 0 Å². The summed E-state index contributed by atoms with van der Waals surface area (Å²) in [5.41, 5.74) is 1.63. The SMILES string of the molecule is CN(Cc1ccc(CN2C[C@@H](O)[C@H](O)C2)cc1)C(=O)OC(C)(C)C. The number of amides is 1. The lowest BCUT2D eigenvalue weighted by atomic mass is 10.1. The molecule has 0 spiro atoms. The Kier molecular flexibility index (Phi) is 5.85. The molecule has 1 aromatic rings. The first kappa shape index (κ1) is 18.7.